The summed E-state index contributed by atoms with van der Waals surface area (Å²) in [7, 11) is 1.35. The lowest BCUT2D eigenvalue weighted by Gasteiger charge is -2.15. The van der Waals surface area contributed by atoms with Crippen LogP contribution in [0.25, 0.3) is 0 Å². The number of hydrogen-bond acceptors (Lipinski definition) is 6. The van der Waals surface area contributed by atoms with Crippen LogP contribution in [-0.4, -0.2) is 48.7 Å². The summed E-state index contributed by atoms with van der Waals surface area (Å²) in [6.07, 6.45) is 0.626. The highest BCUT2D eigenvalue weighted by Gasteiger charge is 2.31. The average Bonchev–Trinajstić information content (AvgIpc) is 3.04. The molecular formula is C12H16N2O5. The molecule has 1 aliphatic heterocycles. The molecule has 104 valence electrons. The molecule has 1 aromatic rings. The summed E-state index contributed by atoms with van der Waals surface area (Å²) in [4.78, 5) is 24.8. The van der Waals surface area contributed by atoms with E-state index in [0.717, 1.165) is 0 Å². The second kappa shape index (κ2) is 5.73. The Kier molecular flexibility index (Phi) is 4.03. The zero-order chi connectivity index (χ0) is 13.8. The number of likely N-dealkylation sites (tertiary alicyclic amines) is 1. The van der Waals surface area contributed by atoms with Crippen LogP contribution >= 0.6 is 0 Å². The van der Waals surface area contributed by atoms with Gasteiger partial charge < -0.3 is 18.9 Å². The molecule has 1 saturated heterocycles. The minimum Gasteiger partial charge on any atom is -0.469 e. The van der Waals surface area contributed by atoms with E-state index in [-0.39, 0.29) is 30.3 Å². The number of rotatable bonds is 4. The predicted molar refractivity (Wildman–Crippen MR) is 63.4 cm³/mol. The number of hydrogen-bond donors (Lipinski definition) is 0. The lowest BCUT2D eigenvalue weighted by molar-refractivity contribution is -0.145. The fraction of sp³-hybridized carbons (Fsp3) is 0.583. The number of aryl methyl sites for hydroxylation is 1. The largest absolute Gasteiger partial charge is 0.469 e. The van der Waals surface area contributed by atoms with Crippen LogP contribution in [0, 0.1) is 12.8 Å². The summed E-state index contributed by atoms with van der Waals surface area (Å²) in [6.45, 7) is 2.55. The van der Waals surface area contributed by atoms with E-state index in [0.29, 0.717) is 25.3 Å². The predicted octanol–water partition coefficient (Wildman–Crippen LogP) is 0.383. The van der Waals surface area contributed by atoms with Gasteiger partial charge in [0, 0.05) is 19.2 Å². The Bertz CT molecular complexity index is 470. The van der Waals surface area contributed by atoms with Gasteiger partial charge in [-0.05, 0) is 18.5 Å². The molecule has 1 amide bonds. The average molecular weight is 268 g/mol. The molecule has 1 aliphatic rings. The molecule has 0 N–H and O–H groups in total. The number of carbonyl (C=O) groups excluding carboxylic acids is 2. The number of ether oxygens (including phenoxy) is 2. The summed E-state index contributed by atoms with van der Waals surface area (Å²) < 4.78 is 14.7. The van der Waals surface area contributed by atoms with E-state index in [4.69, 9.17) is 9.26 Å². The smallest absolute Gasteiger partial charge is 0.310 e. The Hall–Kier alpha value is -2.05. The van der Waals surface area contributed by atoms with Crippen LogP contribution in [0.3, 0.4) is 0 Å². The van der Waals surface area contributed by atoms with E-state index in [1.54, 1.807) is 17.9 Å². The zero-order valence-corrected chi connectivity index (χ0v) is 10.9. The molecule has 0 saturated carbocycles. The van der Waals surface area contributed by atoms with Gasteiger partial charge in [0.05, 0.1) is 13.0 Å². The molecule has 2 rings (SSSR count). The molecule has 2 heterocycles. The van der Waals surface area contributed by atoms with Gasteiger partial charge in [0.1, 0.15) is 5.76 Å². The second-order valence-electron chi connectivity index (χ2n) is 4.41. The van der Waals surface area contributed by atoms with Crippen molar-refractivity contribution in [3.05, 3.63) is 11.8 Å². The lowest BCUT2D eigenvalue weighted by Crippen LogP contribution is -2.34. The van der Waals surface area contributed by atoms with Gasteiger partial charge in [0.15, 0.2) is 6.61 Å². The van der Waals surface area contributed by atoms with Crippen molar-refractivity contribution in [1.29, 1.82) is 0 Å². The number of amides is 1. The van der Waals surface area contributed by atoms with Gasteiger partial charge in [-0.15, -0.1) is 0 Å². The van der Waals surface area contributed by atoms with Crippen LogP contribution in [0.15, 0.2) is 10.6 Å². The van der Waals surface area contributed by atoms with Crippen LogP contribution in [0.1, 0.15) is 12.2 Å². The minimum absolute atomic E-state index is 0.111. The van der Waals surface area contributed by atoms with Gasteiger partial charge in [-0.1, -0.05) is 0 Å². The van der Waals surface area contributed by atoms with Crippen molar-refractivity contribution >= 4 is 11.9 Å². The van der Waals surface area contributed by atoms with Gasteiger partial charge in [0.25, 0.3) is 11.8 Å². The standard InChI is InChI=1S/C12H16N2O5/c1-8-5-10(13-19-8)18-7-11(15)14-4-3-9(6-14)12(16)17-2/h5,9H,3-4,6-7H2,1-2H3. The molecule has 0 radical (unpaired) electrons. The molecule has 0 bridgehead atoms. The quantitative estimate of drug-likeness (QED) is 0.734. The topological polar surface area (TPSA) is 81.9 Å². The van der Waals surface area contributed by atoms with E-state index in [1.807, 2.05) is 0 Å². The van der Waals surface area contributed by atoms with Crippen molar-refractivity contribution in [3.8, 4) is 5.88 Å². The maximum atomic E-state index is 11.9. The number of nitrogens with zero attached hydrogens (tertiary/aromatic N) is 2. The monoisotopic (exact) mass is 268 g/mol. The molecule has 0 aliphatic carbocycles. The van der Waals surface area contributed by atoms with E-state index < -0.39 is 0 Å². The van der Waals surface area contributed by atoms with Crippen molar-refractivity contribution in [2.24, 2.45) is 5.92 Å². The van der Waals surface area contributed by atoms with Crippen LogP contribution in [0.2, 0.25) is 0 Å². The third kappa shape index (κ3) is 3.24. The fourth-order valence-corrected chi connectivity index (χ4v) is 1.98. The molecule has 1 unspecified atom stereocenters. The summed E-state index contributed by atoms with van der Waals surface area (Å²) in [5.41, 5.74) is 0. The van der Waals surface area contributed by atoms with Gasteiger partial charge in [-0.2, -0.15) is 0 Å². The third-order valence-electron chi connectivity index (χ3n) is 3.03. The second-order valence-corrected chi connectivity index (χ2v) is 4.41. The Balaban J connectivity index is 1.80. The van der Waals surface area contributed by atoms with E-state index in [9.17, 15) is 9.59 Å². The Morgan fingerprint density at radius 3 is 3.00 bits per heavy atom. The zero-order valence-electron chi connectivity index (χ0n) is 10.9. The van der Waals surface area contributed by atoms with Gasteiger partial charge in [-0.25, -0.2) is 0 Å². The Morgan fingerprint density at radius 2 is 2.37 bits per heavy atom. The highest BCUT2D eigenvalue weighted by Crippen LogP contribution is 2.18. The molecule has 19 heavy (non-hydrogen) atoms. The van der Waals surface area contributed by atoms with Gasteiger partial charge in [-0.3, -0.25) is 9.59 Å². The number of esters is 1. The van der Waals surface area contributed by atoms with Crippen molar-refractivity contribution in [3.63, 3.8) is 0 Å². The summed E-state index contributed by atoms with van der Waals surface area (Å²) in [6, 6.07) is 1.61. The summed E-state index contributed by atoms with van der Waals surface area (Å²) in [5, 5.41) is 3.63. The lowest BCUT2D eigenvalue weighted by atomic mass is 10.1. The number of aromatic nitrogens is 1. The molecule has 0 spiro atoms. The van der Waals surface area contributed by atoms with Crippen LogP contribution in [-0.2, 0) is 14.3 Å². The first-order chi connectivity index (χ1) is 9.10. The van der Waals surface area contributed by atoms with Crippen molar-refractivity contribution in [2.75, 3.05) is 26.8 Å². The molecular weight excluding hydrogens is 252 g/mol. The highest BCUT2D eigenvalue weighted by atomic mass is 16.5. The fourth-order valence-electron chi connectivity index (χ4n) is 1.98. The minimum atomic E-state index is -0.275. The number of carbonyl (C=O) groups is 2. The van der Waals surface area contributed by atoms with E-state index in [1.165, 1.54) is 7.11 Å². The van der Waals surface area contributed by atoms with Crippen LogP contribution < -0.4 is 4.74 Å². The van der Waals surface area contributed by atoms with E-state index in [2.05, 4.69) is 9.89 Å². The maximum absolute atomic E-state index is 11.9. The molecule has 1 fully saturated rings. The first-order valence-corrected chi connectivity index (χ1v) is 6.02. The van der Waals surface area contributed by atoms with Gasteiger partial charge >= 0.3 is 5.97 Å². The molecule has 7 nitrogen and oxygen atoms in total. The van der Waals surface area contributed by atoms with Gasteiger partial charge in [0.2, 0.25) is 0 Å². The van der Waals surface area contributed by atoms with Crippen molar-refractivity contribution in [1.82, 2.24) is 10.1 Å². The Labute approximate surface area is 110 Å². The molecule has 0 aromatic carbocycles. The maximum Gasteiger partial charge on any atom is 0.310 e. The summed E-state index contributed by atoms with van der Waals surface area (Å²) >= 11 is 0. The van der Waals surface area contributed by atoms with E-state index >= 15 is 0 Å². The van der Waals surface area contributed by atoms with Crippen molar-refractivity contribution < 1.29 is 23.6 Å². The summed E-state index contributed by atoms with van der Waals surface area (Å²) in [5.74, 6) is 0.225. The van der Waals surface area contributed by atoms with Crippen molar-refractivity contribution in [2.45, 2.75) is 13.3 Å². The normalized spacial score (nSPS) is 18.4. The highest BCUT2D eigenvalue weighted by molar-refractivity contribution is 5.80. The molecule has 7 heteroatoms. The third-order valence-corrected chi connectivity index (χ3v) is 3.03. The first kappa shape index (κ1) is 13.4. The molecule has 1 aromatic heterocycles. The first-order valence-electron chi connectivity index (χ1n) is 6.02. The van der Waals surface area contributed by atoms with Crippen LogP contribution in [0.4, 0.5) is 0 Å². The Morgan fingerprint density at radius 1 is 1.58 bits per heavy atom. The van der Waals surface area contributed by atoms with Crippen LogP contribution in [0.5, 0.6) is 5.88 Å². The SMILES string of the molecule is COC(=O)C1CCN(C(=O)COc2cc(C)on2)C1. The molecule has 1 atom stereocenters. The number of methoxy groups -OCH3 is 1.